The molecular weight excluding hydrogens is 124 g/mol. The van der Waals surface area contributed by atoms with Crippen molar-refractivity contribution >= 4 is 5.78 Å². The highest BCUT2D eigenvalue weighted by Crippen LogP contribution is 2.07. The van der Waals surface area contributed by atoms with Crippen molar-refractivity contribution in [2.24, 2.45) is 5.92 Å². The summed E-state index contributed by atoms with van der Waals surface area (Å²) < 4.78 is 0. The predicted octanol–water partition coefficient (Wildman–Crippen LogP) is 1.24. The SMILES string of the molecule is C#CCC(CC#C)C(C)=O. The van der Waals surface area contributed by atoms with E-state index in [9.17, 15) is 4.79 Å². The van der Waals surface area contributed by atoms with Crippen LogP contribution in [0.2, 0.25) is 0 Å². The molecule has 0 aromatic rings. The summed E-state index contributed by atoms with van der Waals surface area (Å²) in [6, 6.07) is 0. The highest BCUT2D eigenvalue weighted by molar-refractivity contribution is 5.78. The van der Waals surface area contributed by atoms with Gasteiger partial charge in [-0.3, -0.25) is 4.79 Å². The largest absolute Gasteiger partial charge is 0.300 e. The summed E-state index contributed by atoms with van der Waals surface area (Å²) in [5.41, 5.74) is 0. The second-order valence-electron chi connectivity index (χ2n) is 2.12. The third-order valence-electron chi connectivity index (χ3n) is 1.30. The predicted molar refractivity (Wildman–Crippen MR) is 41.1 cm³/mol. The minimum absolute atomic E-state index is 0.0795. The molecule has 0 aliphatic carbocycles. The zero-order valence-corrected chi connectivity index (χ0v) is 6.05. The molecule has 10 heavy (non-hydrogen) atoms. The molecular formula is C9H10O. The summed E-state index contributed by atoms with van der Waals surface area (Å²) in [5.74, 6) is 4.78. The summed E-state index contributed by atoms with van der Waals surface area (Å²) in [6.45, 7) is 1.51. The van der Waals surface area contributed by atoms with Gasteiger partial charge in [-0.2, -0.15) is 0 Å². The lowest BCUT2D eigenvalue weighted by Gasteiger charge is -2.03. The van der Waals surface area contributed by atoms with Crippen molar-refractivity contribution in [3.8, 4) is 24.7 Å². The minimum atomic E-state index is -0.130. The molecule has 0 rings (SSSR count). The maximum atomic E-state index is 10.7. The smallest absolute Gasteiger partial charge is 0.134 e. The second-order valence-corrected chi connectivity index (χ2v) is 2.12. The van der Waals surface area contributed by atoms with Crippen LogP contribution < -0.4 is 0 Å². The Morgan fingerprint density at radius 2 is 1.80 bits per heavy atom. The standard InChI is InChI=1S/C9H10O/c1-4-6-9(7-5-2)8(3)10/h1-2,9H,6-7H2,3H3. The van der Waals surface area contributed by atoms with Gasteiger partial charge in [-0.25, -0.2) is 0 Å². The van der Waals surface area contributed by atoms with Gasteiger partial charge in [0.05, 0.1) is 0 Å². The van der Waals surface area contributed by atoms with Gasteiger partial charge >= 0.3 is 0 Å². The Labute approximate surface area is 61.8 Å². The zero-order valence-electron chi connectivity index (χ0n) is 6.05. The Bertz CT molecular complexity index is 174. The number of hydrogen-bond acceptors (Lipinski definition) is 1. The molecule has 0 heterocycles. The van der Waals surface area contributed by atoms with Gasteiger partial charge < -0.3 is 0 Å². The van der Waals surface area contributed by atoms with Crippen LogP contribution in [0.1, 0.15) is 19.8 Å². The van der Waals surface area contributed by atoms with Gasteiger partial charge in [0.2, 0.25) is 0 Å². The first-order chi connectivity index (χ1) is 4.72. The number of terminal acetylenes is 2. The lowest BCUT2D eigenvalue weighted by Crippen LogP contribution is -2.08. The van der Waals surface area contributed by atoms with E-state index in [4.69, 9.17) is 12.8 Å². The molecule has 52 valence electrons. The average Bonchev–Trinajstić information content (AvgIpc) is 1.87. The van der Waals surface area contributed by atoms with Crippen LogP contribution in [-0.2, 0) is 4.79 Å². The Hall–Kier alpha value is -1.21. The Balaban J connectivity index is 3.90. The molecule has 1 heteroatoms. The first kappa shape index (κ1) is 8.79. The molecule has 0 bridgehead atoms. The molecule has 0 N–H and O–H groups in total. The Morgan fingerprint density at radius 3 is 2.00 bits per heavy atom. The molecule has 0 spiro atoms. The summed E-state index contributed by atoms with van der Waals surface area (Å²) in [5, 5.41) is 0. The van der Waals surface area contributed by atoms with Crippen molar-refractivity contribution in [3.05, 3.63) is 0 Å². The number of hydrogen-bond donors (Lipinski definition) is 0. The van der Waals surface area contributed by atoms with E-state index in [2.05, 4.69) is 11.8 Å². The van der Waals surface area contributed by atoms with E-state index >= 15 is 0 Å². The van der Waals surface area contributed by atoms with Gasteiger partial charge in [0.15, 0.2) is 0 Å². The van der Waals surface area contributed by atoms with Crippen LogP contribution in [0.3, 0.4) is 0 Å². The fraction of sp³-hybridized carbons (Fsp3) is 0.444. The Kier molecular flexibility index (Phi) is 4.09. The van der Waals surface area contributed by atoms with Gasteiger partial charge in [0.25, 0.3) is 0 Å². The van der Waals surface area contributed by atoms with E-state index in [-0.39, 0.29) is 11.7 Å². The van der Waals surface area contributed by atoms with Crippen molar-refractivity contribution in [1.82, 2.24) is 0 Å². The number of Topliss-reactive ketones (excluding diaryl/α,β-unsaturated/α-hetero) is 1. The van der Waals surface area contributed by atoms with Gasteiger partial charge in [0.1, 0.15) is 5.78 Å². The molecule has 0 aliphatic rings. The molecule has 0 fully saturated rings. The van der Waals surface area contributed by atoms with Crippen LogP contribution in [0.25, 0.3) is 0 Å². The highest BCUT2D eigenvalue weighted by Gasteiger charge is 2.09. The van der Waals surface area contributed by atoms with Crippen LogP contribution >= 0.6 is 0 Å². The molecule has 0 atom stereocenters. The van der Waals surface area contributed by atoms with Crippen molar-refractivity contribution in [1.29, 1.82) is 0 Å². The number of carbonyl (C=O) groups is 1. The maximum Gasteiger partial charge on any atom is 0.134 e. The molecule has 0 radical (unpaired) electrons. The number of rotatable bonds is 3. The van der Waals surface area contributed by atoms with E-state index in [1.54, 1.807) is 0 Å². The molecule has 0 unspecified atom stereocenters. The molecule has 0 aromatic carbocycles. The quantitative estimate of drug-likeness (QED) is 0.531. The van der Waals surface area contributed by atoms with E-state index in [1.807, 2.05) is 0 Å². The van der Waals surface area contributed by atoms with Gasteiger partial charge in [-0.15, -0.1) is 24.7 Å². The van der Waals surface area contributed by atoms with Crippen LogP contribution in [0.5, 0.6) is 0 Å². The van der Waals surface area contributed by atoms with Crippen LogP contribution in [0.15, 0.2) is 0 Å². The summed E-state index contributed by atoms with van der Waals surface area (Å²) >= 11 is 0. The third-order valence-corrected chi connectivity index (χ3v) is 1.30. The first-order valence-electron chi connectivity index (χ1n) is 3.09. The monoisotopic (exact) mass is 134 g/mol. The van der Waals surface area contributed by atoms with E-state index in [0.717, 1.165) is 0 Å². The van der Waals surface area contributed by atoms with Crippen molar-refractivity contribution in [2.45, 2.75) is 19.8 Å². The fourth-order valence-electron chi connectivity index (χ4n) is 0.644. The van der Waals surface area contributed by atoms with Crippen LogP contribution in [-0.4, -0.2) is 5.78 Å². The number of ketones is 1. The van der Waals surface area contributed by atoms with Crippen LogP contribution in [0, 0.1) is 30.6 Å². The normalized spacial score (nSPS) is 8.40. The lowest BCUT2D eigenvalue weighted by atomic mass is 9.98. The molecule has 0 saturated carbocycles. The van der Waals surface area contributed by atoms with E-state index in [1.165, 1.54) is 6.92 Å². The minimum Gasteiger partial charge on any atom is -0.300 e. The van der Waals surface area contributed by atoms with Gasteiger partial charge in [0, 0.05) is 18.8 Å². The maximum absolute atomic E-state index is 10.7. The molecule has 0 amide bonds. The third kappa shape index (κ3) is 2.95. The summed E-state index contributed by atoms with van der Waals surface area (Å²) in [6.07, 6.45) is 11.0. The van der Waals surface area contributed by atoms with Crippen molar-refractivity contribution in [2.75, 3.05) is 0 Å². The number of carbonyl (C=O) groups excluding carboxylic acids is 1. The molecule has 0 aromatic heterocycles. The molecule has 0 saturated heterocycles. The first-order valence-corrected chi connectivity index (χ1v) is 3.09. The average molecular weight is 134 g/mol. The van der Waals surface area contributed by atoms with E-state index < -0.39 is 0 Å². The second kappa shape index (κ2) is 4.65. The van der Waals surface area contributed by atoms with Crippen LogP contribution in [0.4, 0.5) is 0 Å². The Morgan fingerprint density at radius 1 is 1.40 bits per heavy atom. The summed E-state index contributed by atoms with van der Waals surface area (Å²) in [4.78, 5) is 10.7. The highest BCUT2D eigenvalue weighted by atomic mass is 16.1. The van der Waals surface area contributed by atoms with E-state index in [0.29, 0.717) is 12.8 Å². The fourth-order valence-corrected chi connectivity index (χ4v) is 0.644. The topological polar surface area (TPSA) is 17.1 Å². The van der Waals surface area contributed by atoms with Gasteiger partial charge in [-0.1, -0.05) is 0 Å². The molecule has 0 aliphatic heterocycles. The lowest BCUT2D eigenvalue weighted by molar-refractivity contribution is -0.120. The van der Waals surface area contributed by atoms with Crippen molar-refractivity contribution in [3.63, 3.8) is 0 Å². The van der Waals surface area contributed by atoms with Gasteiger partial charge in [-0.05, 0) is 6.92 Å². The van der Waals surface area contributed by atoms with Crippen molar-refractivity contribution < 1.29 is 4.79 Å². The zero-order chi connectivity index (χ0) is 7.98. The molecule has 1 nitrogen and oxygen atoms in total. The summed E-state index contributed by atoms with van der Waals surface area (Å²) in [7, 11) is 0.